The Kier molecular flexibility index (Phi) is 11.8. The zero-order valence-electron chi connectivity index (χ0n) is 18.9. The molecule has 2 rings (SSSR count). The molecule has 0 spiro atoms. The average molecular weight is 552 g/mol. The number of nitrogens with one attached hydrogen (secondary N) is 2. The number of nitrogens with zero attached hydrogens (tertiary/aromatic N) is 3. The van der Waals surface area contributed by atoms with E-state index in [0.717, 1.165) is 38.4 Å². The highest BCUT2D eigenvalue weighted by Gasteiger charge is 2.22. The highest BCUT2D eigenvalue weighted by molar-refractivity contribution is 14.0. The molecule has 0 unspecified atom stereocenters. The molecular weight excluding hydrogens is 513 g/mol. The summed E-state index contributed by atoms with van der Waals surface area (Å²) in [7, 11) is 0. The van der Waals surface area contributed by atoms with E-state index in [-0.39, 0.29) is 30.1 Å². The fraction of sp³-hybridized carbons (Fsp3) is 0.714. The van der Waals surface area contributed by atoms with Crippen LogP contribution in [-0.4, -0.2) is 67.9 Å². The SMILES string of the molecule is CCNC(=NCCN(CC)C(=O)OC(C)(C)C)NC1CCN(c2cccs2)CC1.I. The Balaban J connectivity index is 0.00000450. The Morgan fingerprint density at radius 1 is 1.33 bits per heavy atom. The number of hydrogen-bond acceptors (Lipinski definition) is 5. The summed E-state index contributed by atoms with van der Waals surface area (Å²) in [6.45, 7) is 14.3. The van der Waals surface area contributed by atoms with Crippen molar-refractivity contribution in [2.24, 2.45) is 4.99 Å². The van der Waals surface area contributed by atoms with Crippen LogP contribution in [0.4, 0.5) is 9.80 Å². The van der Waals surface area contributed by atoms with E-state index in [1.165, 1.54) is 5.00 Å². The maximum Gasteiger partial charge on any atom is 0.410 e. The van der Waals surface area contributed by atoms with E-state index < -0.39 is 5.60 Å². The second-order valence-corrected chi connectivity index (χ2v) is 9.10. The topological polar surface area (TPSA) is 69.2 Å². The first-order valence-electron chi connectivity index (χ1n) is 10.6. The molecule has 1 aromatic rings. The lowest BCUT2D eigenvalue weighted by atomic mass is 10.1. The summed E-state index contributed by atoms with van der Waals surface area (Å²) >= 11 is 1.80. The summed E-state index contributed by atoms with van der Waals surface area (Å²) in [5.74, 6) is 0.822. The lowest BCUT2D eigenvalue weighted by Gasteiger charge is -2.33. The molecule has 1 aliphatic rings. The summed E-state index contributed by atoms with van der Waals surface area (Å²) in [5, 5.41) is 10.4. The molecule has 172 valence electrons. The van der Waals surface area contributed by atoms with Gasteiger partial charge in [0.05, 0.1) is 11.5 Å². The molecule has 0 bridgehead atoms. The fourth-order valence-corrected chi connectivity index (χ4v) is 3.98. The van der Waals surface area contributed by atoms with Gasteiger partial charge in [0, 0.05) is 38.8 Å². The molecule has 0 aromatic carbocycles. The van der Waals surface area contributed by atoms with E-state index in [0.29, 0.717) is 25.7 Å². The molecule has 30 heavy (non-hydrogen) atoms. The van der Waals surface area contributed by atoms with E-state index in [1.54, 1.807) is 16.2 Å². The average Bonchev–Trinajstić information content (AvgIpc) is 3.19. The van der Waals surface area contributed by atoms with Crippen LogP contribution in [0.5, 0.6) is 0 Å². The van der Waals surface area contributed by atoms with Gasteiger partial charge in [-0.1, -0.05) is 0 Å². The Morgan fingerprint density at radius 2 is 2.03 bits per heavy atom. The van der Waals surface area contributed by atoms with E-state index in [2.05, 4.69) is 45.0 Å². The van der Waals surface area contributed by atoms with Crippen LogP contribution in [0.3, 0.4) is 0 Å². The molecule has 1 aromatic heterocycles. The Labute approximate surface area is 202 Å². The van der Waals surface area contributed by atoms with Crippen LogP contribution >= 0.6 is 35.3 Å². The number of ether oxygens (including phenoxy) is 1. The van der Waals surface area contributed by atoms with Gasteiger partial charge in [-0.15, -0.1) is 35.3 Å². The van der Waals surface area contributed by atoms with Crippen molar-refractivity contribution in [1.29, 1.82) is 0 Å². The molecular formula is C21H38IN5O2S. The van der Waals surface area contributed by atoms with E-state index >= 15 is 0 Å². The van der Waals surface area contributed by atoms with Gasteiger partial charge >= 0.3 is 6.09 Å². The predicted octanol–water partition coefficient (Wildman–Crippen LogP) is 4.15. The molecule has 9 heteroatoms. The van der Waals surface area contributed by atoms with Gasteiger partial charge in [0.1, 0.15) is 5.60 Å². The van der Waals surface area contributed by atoms with Gasteiger partial charge in [0.25, 0.3) is 0 Å². The van der Waals surface area contributed by atoms with Crippen molar-refractivity contribution in [1.82, 2.24) is 15.5 Å². The number of guanidine groups is 1. The molecule has 1 saturated heterocycles. The lowest BCUT2D eigenvalue weighted by molar-refractivity contribution is 0.0266. The second kappa shape index (κ2) is 13.2. The van der Waals surface area contributed by atoms with E-state index in [9.17, 15) is 4.79 Å². The summed E-state index contributed by atoms with van der Waals surface area (Å²) < 4.78 is 5.46. The summed E-state index contributed by atoms with van der Waals surface area (Å²) in [6.07, 6.45) is 1.89. The number of aliphatic imine (C=N–C) groups is 1. The zero-order chi connectivity index (χ0) is 21.3. The summed E-state index contributed by atoms with van der Waals surface area (Å²) in [5.41, 5.74) is -0.484. The van der Waals surface area contributed by atoms with Gasteiger partial charge in [0.2, 0.25) is 0 Å². The minimum Gasteiger partial charge on any atom is -0.444 e. The van der Waals surface area contributed by atoms with Gasteiger partial charge in [-0.3, -0.25) is 4.99 Å². The fourth-order valence-electron chi connectivity index (χ4n) is 3.19. The first-order chi connectivity index (χ1) is 13.8. The van der Waals surface area contributed by atoms with Gasteiger partial charge in [0.15, 0.2) is 5.96 Å². The van der Waals surface area contributed by atoms with Gasteiger partial charge in [-0.25, -0.2) is 4.79 Å². The zero-order valence-corrected chi connectivity index (χ0v) is 22.1. The molecule has 1 aliphatic heterocycles. The molecule has 2 heterocycles. The predicted molar refractivity (Wildman–Crippen MR) is 138 cm³/mol. The number of rotatable bonds is 7. The number of hydrogen-bond donors (Lipinski definition) is 2. The smallest absolute Gasteiger partial charge is 0.410 e. The summed E-state index contributed by atoms with van der Waals surface area (Å²) in [6, 6.07) is 4.71. The minimum absolute atomic E-state index is 0. The van der Waals surface area contributed by atoms with Crippen molar-refractivity contribution in [2.45, 2.75) is 59.1 Å². The Morgan fingerprint density at radius 3 is 2.57 bits per heavy atom. The van der Waals surface area contributed by atoms with Crippen LogP contribution in [0.1, 0.15) is 47.5 Å². The Hall–Kier alpha value is -1.23. The van der Waals surface area contributed by atoms with Crippen molar-refractivity contribution in [3.8, 4) is 0 Å². The molecule has 0 atom stereocenters. The van der Waals surface area contributed by atoms with Crippen molar-refractivity contribution < 1.29 is 9.53 Å². The monoisotopic (exact) mass is 551 g/mol. The molecule has 7 nitrogen and oxygen atoms in total. The second-order valence-electron chi connectivity index (χ2n) is 8.18. The van der Waals surface area contributed by atoms with Gasteiger partial charge < -0.3 is 25.2 Å². The molecule has 0 radical (unpaired) electrons. The standard InChI is InChI=1S/C21H37N5O2S.HI/c1-6-22-19(23-12-15-25(7-2)20(27)28-21(3,4)5)24-17-10-13-26(14-11-17)18-9-8-16-29-18;/h8-9,16-17H,6-7,10-15H2,1-5H3,(H2,22,23,24);1H. The molecule has 1 amide bonds. The number of piperidine rings is 1. The third-order valence-electron chi connectivity index (χ3n) is 4.67. The number of halogens is 1. The number of carbonyl (C=O) groups excluding carboxylic acids is 1. The van der Waals surface area contributed by atoms with Crippen LogP contribution in [-0.2, 0) is 4.74 Å². The number of amides is 1. The number of likely N-dealkylation sites (N-methyl/N-ethyl adjacent to an activating group) is 1. The molecule has 0 aliphatic carbocycles. The maximum atomic E-state index is 12.3. The van der Waals surface area contributed by atoms with Crippen LogP contribution < -0.4 is 15.5 Å². The number of anilines is 1. The normalized spacial score (nSPS) is 15.4. The van der Waals surface area contributed by atoms with Crippen LogP contribution in [0, 0.1) is 0 Å². The van der Waals surface area contributed by atoms with E-state index in [1.807, 2.05) is 27.7 Å². The third kappa shape index (κ3) is 9.28. The van der Waals surface area contributed by atoms with Crippen molar-refractivity contribution >= 4 is 52.4 Å². The van der Waals surface area contributed by atoms with Crippen molar-refractivity contribution in [2.75, 3.05) is 44.2 Å². The molecule has 1 fully saturated rings. The quantitative estimate of drug-likeness (QED) is 0.303. The minimum atomic E-state index is -0.484. The molecule has 2 N–H and O–H groups in total. The molecule has 0 saturated carbocycles. The third-order valence-corrected chi connectivity index (χ3v) is 5.60. The largest absolute Gasteiger partial charge is 0.444 e. The van der Waals surface area contributed by atoms with Crippen LogP contribution in [0.15, 0.2) is 22.5 Å². The number of thiophene rings is 1. The maximum absolute atomic E-state index is 12.3. The van der Waals surface area contributed by atoms with Crippen molar-refractivity contribution in [3.05, 3.63) is 17.5 Å². The highest BCUT2D eigenvalue weighted by atomic mass is 127. The first kappa shape index (κ1) is 26.8. The Bertz CT molecular complexity index is 640. The van der Waals surface area contributed by atoms with Gasteiger partial charge in [-0.05, 0) is 65.0 Å². The highest BCUT2D eigenvalue weighted by Crippen LogP contribution is 2.24. The lowest BCUT2D eigenvalue weighted by Crippen LogP contribution is -2.49. The van der Waals surface area contributed by atoms with Gasteiger partial charge in [-0.2, -0.15) is 0 Å². The van der Waals surface area contributed by atoms with Crippen LogP contribution in [0.25, 0.3) is 0 Å². The van der Waals surface area contributed by atoms with Crippen molar-refractivity contribution in [3.63, 3.8) is 0 Å². The summed E-state index contributed by atoms with van der Waals surface area (Å²) in [4.78, 5) is 21.1. The van der Waals surface area contributed by atoms with E-state index in [4.69, 9.17) is 4.74 Å². The number of carbonyl (C=O) groups is 1. The first-order valence-corrected chi connectivity index (χ1v) is 11.5. The van der Waals surface area contributed by atoms with Crippen LogP contribution in [0.2, 0.25) is 0 Å².